The quantitative estimate of drug-likeness (QED) is 0.745. The Morgan fingerprint density at radius 1 is 1.37 bits per heavy atom. The number of nitrogens with one attached hydrogen (secondary N) is 1. The van der Waals surface area contributed by atoms with Gasteiger partial charge in [-0.2, -0.15) is 0 Å². The average molecular weight is 282 g/mol. The van der Waals surface area contributed by atoms with Gasteiger partial charge >= 0.3 is 0 Å². The summed E-state index contributed by atoms with van der Waals surface area (Å²) >= 11 is 1.42. The Bertz CT molecular complexity index is 390. The summed E-state index contributed by atoms with van der Waals surface area (Å²) in [5.41, 5.74) is 0. The summed E-state index contributed by atoms with van der Waals surface area (Å²) in [6.45, 7) is 3.47. The molecule has 0 saturated heterocycles. The maximum absolute atomic E-state index is 11.7. The number of nitrogens with zero attached hydrogens (tertiary/aromatic N) is 1. The van der Waals surface area contributed by atoms with Crippen LogP contribution in [-0.4, -0.2) is 36.9 Å². The van der Waals surface area contributed by atoms with Gasteiger partial charge in [0.15, 0.2) is 0 Å². The third-order valence-corrected chi connectivity index (χ3v) is 3.74. The van der Waals surface area contributed by atoms with Crippen LogP contribution in [0.5, 0.6) is 0 Å². The molecule has 19 heavy (non-hydrogen) atoms. The lowest BCUT2D eigenvalue weighted by molar-refractivity contribution is -0.130. The van der Waals surface area contributed by atoms with Crippen LogP contribution in [0.2, 0.25) is 0 Å². The lowest BCUT2D eigenvalue weighted by Gasteiger charge is -2.16. The van der Waals surface area contributed by atoms with E-state index in [-0.39, 0.29) is 11.8 Å². The molecule has 0 bridgehead atoms. The van der Waals surface area contributed by atoms with Crippen LogP contribution in [0.1, 0.15) is 42.3 Å². The monoisotopic (exact) mass is 282 g/mol. The van der Waals surface area contributed by atoms with Crippen LogP contribution in [0, 0.1) is 0 Å². The minimum Gasteiger partial charge on any atom is -0.351 e. The molecule has 0 atom stereocenters. The van der Waals surface area contributed by atoms with Crippen molar-refractivity contribution in [3.05, 3.63) is 22.4 Å². The molecule has 1 aromatic heterocycles. The van der Waals surface area contributed by atoms with Crippen molar-refractivity contribution < 1.29 is 9.59 Å². The smallest absolute Gasteiger partial charge is 0.261 e. The number of carbonyl (C=O) groups excluding carboxylic acids is 2. The molecule has 1 aromatic rings. The van der Waals surface area contributed by atoms with E-state index in [2.05, 4.69) is 12.2 Å². The van der Waals surface area contributed by atoms with E-state index in [1.807, 2.05) is 18.5 Å². The first kappa shape index (κ1) is 15.7. The molecule has 0 unspecified atom stereocenters. The molecule has 0 aliphatic carbocycles. The van der Waals surface area contributed by atoms with Crippen molar-refractivity contribution >= 4 is 23.2 Å². The predicted molar refractivity (Wildman–Crippen MR) is 78.4 cm³/mol. The van der Waals surface area contributed by atoms with Crippen LogP contribution < -0.4 is 5.32 Å². The van der Waals surface area contributed by atoms with Crippen molar-refractivity contribution in [2.75, 3.05) is 20.1 Å². The Kier molecular flexibility index (Phi) is 7.18. The van der Waals surface area contributed by atoms with Crippen molar-refractivity contribution in [2.24, 2.45) is 0 Å². The lowest BCUT2D eigenvalue weighted by Crippen LogP contribution is -2.29. The number of hydrogen-bond donors (Lipinski definition) is 1. The first-order chi connectivity index (χ1) is 9.15. The topological polar surface area (TPSA) is 49.4 Å². The summed E-state index contributed by atoms with van der Waals surface area (Å²) in [6.07, 6.45) is 3.31. The van der Waals surface area contributed by atoms with Crippen molar-refractivity contribution in [1.82, 2.24) is 10.2 Å². The Labute approximate surface area is 118 Å². The minimum absolute atomic E-state index is 0.0539. The van der Waals surface area contributed by atoms with Crippen LogP contribution >= 0.6 is 11.3 Å². The van der Waals surface area contributed by atoms with E-state index in [0.717, 1.165) is 19.4 Å². The summed E-state index contributed by atoms with van der Waals surface area (Å²) in [6, 6.07) is 3.65. The van der Waals surface area contributed by atoms with Gasteiger partial charge in [-0.15, -0.1) is 11.3 Å². The maximum atomic E-state index is 11.7. The predicted octanol–water partition coefficient (Wildman–Crippen LogP) is 2.52. The second-order valence-electron chi connectivity index (χ2n) is 4.51. The Morgan fingerprint density at radius 3 is 2.79 bits per heavy atom. The molecule has 4 nitrogen and oxygen atoms in total. The zero-order valence-corrected chi connectivity index (χ0v) is 12.5. The SMILES string of the molecule is CCCCN(C)C(=O)CCCNC(=O)c1cccs1. The van der Waals surface area contributed by atoms with Gasteiger partial charge in [0.05, 0.1) is 4.88 Å². The highest BCUT2D eigenvalue weighted by molar-refractivity contribution is 7.12. The summed E-state index contributed by atoms with van der Waals surface area (Å²) in [7, 11) is 1.84. The van der Waals surface area contributed by atoms with Gasteiger partial charge in [0, 0.05) is 26.6 Å². The van der Waals surface area contributed by atoms with Crippen molar-refractivity contribution in [1.29, 1.82) is 0 Å². The molecule has 0 aliphatic heterocycles. The van der Waals surface area contributed by atoms with Gasteiger partial charge in [0.25, 0.3) is 5.91 Å². The van der Waals surface area contributed by atoms with Gasteiger partial charge in [-0.05, 0) is 24.3 Å². The van der Waals surface area contributed by atoms with E-state index in [1.165, 1.54) is 11.3 Å². The minimum atomic E-state index is -0.0539. The fraction of sp³-hybridized carbons (Fsp3) is 0.571. The van der Waals surface area contributed by atoms with E-state index in [1.54, 1.807) is 11.0 Å². The Hall–Kier alpha value is -1.36. The molecule has 1 rings (SSSR count). The Morgan fingerprint density at radius 2 is 2.16 bits per heavy atom. The summed E-state index contributed by atoms with van der Waals surface area (Å²) in [5, 5.41) is 4.70. The number of unbranched alkanes of at least 4 members (excludes halogenated alkanes) is 1. The third kappa shape index (κ3) is 5.87. The molecule has 0 fully saturated rings. The largest absolute Gasteiger partial charge is 0.351 e. The van der Waals surface area contributed by atoms with Crippen LogP contribution in [0.25, 0.3) is 0 Å². The number of hydrogen-bond acceptors (Lipinski definition) is 3. The van der Waals surface area contributed by atoms with E-state index in [4.69, 9.17) is 0 Å². The normalized spacial score (nSPS) is 10.2. The second-order valence-corrected chi connectivity index (χ2v) is 5.45. The zero-order chi connectivity index (χ0) is 14.1. The number of carbonyl (C=O) groups is 2. The maximum Gasteiger partial charge on any atom is 0.261 e. The summed E-state index contributed by atoms with van der Waals surface area (Å²) < 4.78 is 0. The zero-order valence-electron chi connectivity index (χ0n) is 11.6. The van der Waals surface area contributed by atoms with Gasteiger partial charge < -0.3 is 10.2 Å². The van der Waals surface area contributed by atoms with E-state index in [9.17, 15) is 9.59 Å². The number of amides is 2. The first-order valence-corrected chi connectivity index (χ1v) is 7.58. The Balaban J connectivity index is 2.13. The molecule has 0 saturated carbocycles. The molecule has 0 aromatic carbocycles. The van der Waals surface area contributed by atoms with Crippen LogP contribution in [0.4, 0.5) is 0 Å². The van der Waals surface area contributed by atoms with Crippen LogP contribution in [0.3, 0.4) is 0 Å². The molecule has 2 amide bonds. The molecule has 0 radical (unpaired) electrons. The molecular formula is C14H22N2O2S. The van der Waals surface area contributed by atoms with Crippen LogP contribution in [0.15, 0.2) is 17.5 Å². The van der Waals surface area contributed by atoms with E-state index >= 15 is 0 Å². The van der Waals surface area contributed by atoms with E-state index in [0.29, 0.717) is 24.3 Å². The van der Waals surface area contributed by atoms with Crippen LogP contribution in [-0.2, 0) is 4.79 Å². The number of rotatable bonds is 8. The van der Waals surface area contributed by atoms with Gasteiger partial charge in [-0.25, -0.2) is 0 Å². The van der Waals surface area contributed by atoms with E-state index < -0.39 is 0 Å². The van der Waals surface area contributed by atoms with Crippen molar-refractivity contribution in [3.63, 3.8) is 0 Å². The highest BCUT2D eigenvalue weighted by Gasteiger charge is 2.09. The lowest BCUT2D eigenvalue weighted by atomic mass is 10.2. The second kappa shape index (κ2) is 8.69. The molecule has 0 aliphatic rings. The first-order valence-electron chi connectivity index (χ1n) is 6.70. The van der Waals surface area contributed by atoms with Crippen molar-refractivity contribution in [3.8, 4) is 0 Å². The summed E-state index contributed by atoms with van der Waals surface area (Å²) in [4.78, 5) is 25.8. The third-order valence-electron chi connectivity index (χ3n) is 2.87. The molecule has 1 N–H and O–H groups in total. The molecular weight excluding hydrogens is 260 g/mol. The highest BCUT2D eigenvalue weighted by Crippen LogP contribution is 2.07. The highest BCUT2D eigenvalue weighted by atomic mass is 32.1. The molecule has 106 valence electrons. The average Bonchev–Trinajstić information content (AvgIpc) is 2.94. The van der Waals surface area contributed by atoms with Gasteiger partial charge in [0.1, 0.15) is 0 Å². The number of thiophene rings is 1. The summed E-state index contributed by atoms with van der Waals surface area (Å²) in [5.74, 6) is 0.0978. The van der Waals surface area contributed by atoms with Gasteiger partial charge in [0.2, 0.25) is 5.91 Å². The van der Waals surface area contributed by atoms with Gasteiger partial charge in [-0.1, -0.05) is 19.4 Å². The fourth-order valence-corrected chi connectivity index (χ4v) is 2.29. The fourth-order valence-electron chi connectivity index (χ4n) is 1.65. The van der Waals surface area contributed by atoms with Crippen molar-refractivity contribution in [2.45, 2.75) is 32.6 Å². The standard InChI is InChI=1S/C14H22N2O2S/c1-3-4-10-16(2)13(17)8-5-9-15-14(18)12-7-6-11-19-12/h6-7,11H,3-5,8-10H2,1-2H3,(H,15,18). The van der Waals surface area contributed by atoms with Gasteiger partial charge in [-0.3, -0.25) is 9.59 Å². The molecule has 0 spiro atoms. The molecule has 1 heterocycles. The molecule has 5 heteroatoms.